The van der Waals surface area contributed by atoms with E-state index in [0.29, 0.717) is 64.3 Å². The number of nitrogens with zero attached hydrogens (tertiary/aromatic N) is 4. The van der Waals surface area contributed by atoms with Crippen LogP contribution >= 0.6 is 0 Å². The van der Waals surface area contributed by atoms with Gasteiger partial charge in [0, 0.05) is 51.0 Å². The Morgan fingerprint density at radius 2 is 1.85 bits per heavy atom. The third kappa shape index (κ3) is 4.87. The van der Waals surface area contributed by atoms with Crippen LogP contribution in [0.4, 0.5) is 0 Å². The molecule has 1 aliphatic heterocycles. The molecule has 0 unspecified atom stereocenters. The first-order valence-electron chi connectivity index (χ1n) is 13.4. The molecular formula is C31H30N4O5. The zero-order valence-corrected chi connectivity index (χ0v) is 22.8. The number of amides is 1. The second kappa shape index (κ2) is 10.6. The van der Waals surface area contributed by atoms with E-state index in [1.165, 1.54) is 18.2 Å². The molecule has 1 saturated heterocycles. The van der Waals surface area contributed by atoms with Crippen molar-refractivity contribution in [3.8, 4) is 40.1 Å². The molecule has 204 valence electrons. The van der Waals surface area contributed by atoms with Crippen LogP contribution < -0.4 is 9.47 Å². The van der Waals surface area contributed by atoms with Gasteiger partial charge in [-0.1, -0.05) is 6.07 Å². The lowest BCUT2D eigenvalue weighted by Gasteiger charge is -2.24. The average molecular weight is 539 g/mol. The molecule has 0 radical (unpaired) electrons. The molecule has 1 aliphatic carbocycles. The van der Waals surface area contributed by atoms with Gasteiger partial charge in [0.2, 0.25) is 0 Å². The monoisotopic (exact) mass is 538 g/mol. The van der Waals surface area contributed by atoms with E-state index in [9.17, 15) is 10.1 Å². The summed E-state index contributed by atoms with van der Waals surface area (Å²) in [5.74, 6) is 1.72. The second-order valence-corrected chi connectivity index (χ2v) is 10.4. The maximum Gasteiger partial charge on any atom is 0.255 e. The number of aromatic nitrogens is 2. The predicted octanol–water partition coefficient (Wildman–Crippen LogP) is 5.57. The molecule has 0 bridgehead atoms. The lowest BCUT2D eigenvalue weighted by atomic mass is 9.96. The van der Waals surface area contributed by atoms with Crippen LogP contribution in [0.25, 0.3) is 33.7 Å². The number of rotatable bonds is 7. The van der Waals surface area contributed by atoms with Gasteiger partial charge in [0.05, 0.1) is 31.5 Å². The van der Waals surface area contributed by atoms with Gasteiger partial charge < -0.3 is 23.5 Å². The lowest BCUT2D eigenvalue weighted by Crippen LogP contribution is -2.26. The van der Waals surface area contributed by atoms with Crippen molar-refractivity contribution >= 4 is 17.0 Å². The molecule has 40 heavy (non-hydrogen) atoms. The standard InChI is InChI=1S/C31H30N4O5/c1-35(2)31(36)21-13-26(37-3)29(34-16-21)27-14-24-30(40-27)28(23(17-33-24)18-4-5-18)19-6-7-25(20(12-19)15-32)39-22-8-10-38-11-9-22/h6-7,12-14,16-18,22H,4-5,8-11H2,1-3H3. The van der Waals surface area contributed by atoms with Crippen LogP contribution in [0.1, 0.15) is 53.1 Å². The number of ether oxygens (including phenoxy) is 3. The van der Waals surface area contributed by atoms with Gasteiger partial charge in [-0.15, -0.1) is 0 Å². The van der Waals surface area contributed by atoms with E-state index >= 15 is 0 Å². The third-order valence-electron chi connectivity index (χ3n) is 7.40. The summed E-state index contributed by atoms with van der Waals surface area (Å²) < 4.78 is 23.7. The maximum atomic E-state index is 12.5. The largest absolute Gasteiger partial charge is 0.494 e. The van der Waals surface area contributed by atoms with E-state index in [1.54, 1.807) is 20.2 Å². The molecular weight excluding hydrogens is 508 g/mol. The number of pyridine rings is 2. The van der Waals surface area contributed by atoms with Crippen LogP contribution in [0.3, 0.4) is 0 Å². The maximum absolute atomic E-state index is 12.5. The summed E-state index contributed by atoms with van der Waals surface area (Å²) in [6, 6.07) is 11.6. The smallest absolute Gasteiger partial charge is 0.255 e. The number of benzene rings is 1. The van der Waals surface area contributed by atoms with Crippen LogP contribution in [0.2, 0.25) is 0 Å². The minimum atomic E-state index is -0.169. The molecule has 3 aromatic heterocycles. The van der Waals surface area contributed by atoms with E-state index in [4.69, 9.17) is 23.6 Å². The Morgan fingerprint density at radius 1 is 1.05 bits per heavy atom. The number of carbonyl (C=O) groups is 1. The fraction of sp³-hybridized carbons (Fsp3) is 0.355. The summed E-state index contributed by atoms with van der Waals surface area (Å²) in [5.41, 5.74) is 5.57. The van der Waals surface area contributed by atoms with Crippen LogP contribution in [-0.2, 0) is 4.74 Å². The number of hydrogen-bond acceptors (Lipinski definition) is 8. The number of furan rings is 1. The Labute approximate surface area is 232 Å². The fourth-order valence-electron chi connectivity index (χ4n) is 5.12. The summed E-state index contributed by atoms with van der Waals surface area (Å²) in [7, 11) is 4.91. The molecule has 1 aromatic carbocycles. The molecule has 0 spiro atoms. The number of hydrogen-bond donors (Lipinski definition) is 0. The van der Waals surface area contributed by atoms with Gasteiger partial charge in [-0.25, -0.2) is 4.98 Å². The summed E-state index contributed by atoms with van der Waals surface area (Å²) >= 11 is 0. The number of nitriles is 1. The van der Waals surface area contributed by atoms with Gasteiger partial charge >= 0.3 is 0 Å². The zero-order valence-electron chi connectivity index (χ0n) is 22.8. The molecule has 4 heterocycles. The first kappa shape index (κ1) is 25.8. The minimum Gasteiger partial charge on any atom is -0.494 e. The van der Waals surface area contributed by atoms with Crippen molar-refractivity contribution < 1.29 is 23.4 Å². The van der Waals surface area contributed by atoms with Crippen molar-refractivity contribution in [2.75, 3.05) is 34.4 Å². The summed E-state index contributed by atoms with van der Waals surface area (Å²) in [6.07, 6.45) is 7.25. The Bertz CT molecular complexity index is 1630. The third-order valence-corrected chi connectivity index (χ3v) is 7.40. The molecule has 0 N–H and O–H groups in total. The summed E-state index contributed by atoms with van der Waals surface area (Å²) in [4.78, 5) is 23.2. The molecule has 9 heteroatoms. The zero-order chi connectivity index (χ0) is 27.8. The Balaban J connectivity index is 1.43. The van der Waals surface area contributed by atoms with Gasteiger partial charge in [-0.05, 0) is 48.1 Å². The first-order chi connectivity index (χ1) is 19.5. The van der Waals surface area contributed by atoms with E-state index in [0.717, 1.165) is 42.4 Å². The SMILES string of the molecule is COc1cc(C(=O)N(C)C)cnc1-c1cc2ncc(C3CC3)c(-c3ccc(OC4CCOCC4)c(C#N)c3)c2o1. The Morgan fingerprint density at radius 3 is 2.55 bits per heavy atom. The van der Waals surface area contributed by atoms with E-state index < -0.39 is 0 Å². The van der Waals surface area contributed by atoms with Gasteiger partial charge in [-0.2, -0.15) is 5.26 Å². The van der Waals surface area contributed by atoms with Crippen molar-refractivity contribution in [3.63, 3.8) is 0 Å². The highest BCUT2D eigenvalue weighted by Crippen LogP contribution is 2.48. The molecule has 6 rings (SSSR count). The van der Waals surface area contributed by atoms with Gasteiger partial charge in [0.25, 0.3) is 5.91 Å². The molecule has 4 aromatic rings. The van der Waals surface area contributed by atoms with Crippen molar-refractivity contribution in [2.45, 2.75) is 37.7 Å². The van der Waals surface area contributed by atoms with Crippen molar-refractivity contribution in [3.05, 3.63) is 59.4 Å². The number of methoxy groups -OCH3 is 1. The molecule has 2 fully saturated rings. The van der Waals surface area contributed by atoms with Crippen LogP contribution in [0, 0.1) is 11.3 Å². The van der Waals surface area contributed by atoms with Gasteiger partial charge in [0.1, 0.15) is 34.9 Å². The van der Waals surface area contributed by atoms with Crippen molar-refractivity contribution in [1.29, 1.82) is 5.26 Å². The quantitative estimate of drug-likeness (QED) is 0.300. The second-order valence-electron chi connectivity index (χ2n) is 10.4. The summed E-state index contributed by atoms with van der Waals surface area (Å²) in [5, 5.41) is 9.99. The van der Waals surface area contributed by atoms with Crippen LogP contribution in [0.5, 0.6) is 11.5 Å². The van der Waals surface area contributed by atoms with E-state index in [1.807, 2.05) is 30.5 Å². The number of carbonyl (C=O) groups excluding carboxylic acids is 1. The fourth-order valence-corrected chi connectivity index (χ4v) is 5.12. The van der Waals surface area contributed by atoms with Crippen LogP contribution in [0.15, 0.2) is 47.1 Å². The lowest BCUT2D eigenvalue weighted by molar-refractivity contribution is 0.0254. The molecule has 9 nitrogen and oxygen atoms in total. The van der Waals surface area contributed by atoms with Gasteiger partial charge in [-0.3, -0.25) is 9.78 Å². The Hall–Kier alpha value is -4.42. The topological polar surface area (TPSA) is 111 Å². The average Bonchev–Trinajstić information content (AvgIpc) is 3.74. The summed E-state index contributed by atoms with van der Waals surface area (Å²) in [6.45, 7) is 1.33. The highest BCUT2D eigenvalue weighted by Gasteiger charge is 2.30. The van der Waals surface area contributed by atoms with Crippen molar-refractivity contribution in [1.82, 2.24) is 14.9 Å². The normalized spacial score (nSPS) is 15.6. The van der Waals surface area contributed by atoms with Crippen LogP contribution in [-0.4, -0.2) is 61.3 Å². The predicted molar refractivity (Wildman–Crippen MR) is 148 cm³/mol. The molecule has 1 amide bonds. The minimum absolute atomic E-state index is 0.0378. The van der Waals surface area contributed by atoms with E-state index in [-0.39, 0.29) is 12.0 Å². The highest BCUT2D eigenvalue weighted by molar-refractivity contribution is 5.96. The van der Waals surface area contributed by atoms with Gasteiger partial charge in [0.15, 0.2) is 11.3 Å². The first-order valence-corrected chi connectivity index (χ1v) is 13.4. The molecule has 1 saturated carbocycles. The van der Waals surface area contributed by atoms with E-state index in [2.05, 4.69) is 11.1 Å². The number of fused-ring (bicyclic) bond motifs is 1. The highest BCUT2D eigenvalue weighted by atomic mass is 16.5. The molecule has 2 aliphatic rings. The Kier molecular flexibility index (Phi) is 6.86. The van der Waals surface area contributed by atoms with Crippen molar-refractivity contribution in [2.24, 2.45) is 0 Å². The molecule has 0 atom stereocenters.